The number of rotatable bonds is 7. The van der Waals surface area contributed by atoms with Crippen molar-refractivity contribution in [2.45, 2.75) is 13.3 Å². The zero-order valence-corrected chi connectivity index (χ0v) is 17.1. The fourth-order valence-corrected chi connectivity index (χ4v) is 3.30. The number of carbonyl (C=O) groups is 1. The van der Waals surface area contributed by atoms with Crippen molar-refractivity contribution in [3.05, 3.63) is 88.9 Å². The van der Waals surface area contributed by atoms with Gasteiger partial charge in [0.25, 0.3) is 0 Å². The molecule has 0 bridgehead atoms. The summed E-state index contributed by atoms with van der Waals surface area (Å²) in [5.41, 5.74) is 3.56. The Bertz CT molecular complexity index is 863. The average molecular weight is 418 g/mol. The van der Waals surface area contributed by atoms with Crippen molar-refractivity contribution in [3.63, 3.8) is 0 Å². The van der Waals surface area contributed by atoms with Gasteiger partial charge in [0, 0.05) is 36.3 Å². The molecule has 0 fully saturated rings. The molecule has 6 heteroatoms. The molecule has 0 saturated carbocycles. The van der Waals surface area contributed by atoms with Crippen LogP contribution in [0.25, 0.3) is 5.57 Å². The molecule has 0 unspecified atom stereocenters. The van der Waals surface area contributed by atoms with Crippen LogP contribution in [0.3, 0.4) is 0 Å². The summed E-state index contributed by atoms with van der Waals surface area (Å²) in [5.74, 6) is -1.17. The first-order chi connectivity index (χ1) is 13.6. The molecular formula is C23H25ClFNO3. The number of nitrogens with zero attached hydrogens (tertiary/aromatic N) is 1. The number of halogens is 2. The van der Waals surface area contributed by atoms with Gasteiger partial charge in [0.15, 0.2) is 0 Å². The zero-order valence-electron chi connectivity index (χ0n) is 16.3. The van der Waals surface area contributed by atoms with Gasteiger partial charge in [0.05, 0.1) is 6.26 Å². The highest BCUT2D eigenvalue weighted by molar-refractivity contribution is 5.87. The molecule has 4 nitrogen and oxygen atoms in total. The van der Waals surface area contributed by atoms with E-state index in [-0.39, 0.29) is 18.2 Å². The second-order valence-corrected chi connectivity index (χ2v) is 6.80. The van der Waals surface area contributed by atoms with E-state index < -0.39 is 5.97 Å². The van der Waals surface area contributed by atoms with E-state index in [2.05, 4.69) is 0 Å². The van der Waals surface area contributed by atoms with Crippen molar-refractivity contribution >= 4 is 23.9 Å². The van der Waals surface area contributed by atoms with Gasteiger partial charge < -0.3 is 9.84 Å². The maximum Gasteiger partial charge on any atom is 0.332 e. The zero-order chi connectivity index (χ0) is 19.9. The number of hydrogen-bond donors (Lipinski definition) is 1. The highest BCUT2D eigenvalue weighted by Gasteiger charge is 2.17. The third kappa shape index (κ3) is 5.92. The Labute approximate surface area is 176 Å². The largest absolute Gasteiger partial charge is 0.499 e. The minimum absolute atomic E-state index is 0. The van der Waals surface area contributed by atoms with E-state index in [0.29, 0.717) is 36.4 Å². The number of benzene rings is 2. The fourth-order valence-electron chi connectivity index (χ4n) is 3.30. The molecule has 154 valence electrons. The maximum atomic E-state index is 14.4. The summed E-state index contributed by atoms with van der Waals surface area (Å²) < 4.78 is 20.2. The van der Waals surface area contributed by atoms with Crippen LogP contribution in [-0.2, 0) is 9.53 Å². The van der Waals surface area contributed by atoms with Gasteiger partial charge in [-0.3, -0.25) is 4.90 Å². The standard InChI is InChI=1S/C23H24FNO3.ClH/c1-17-7-2-3-9-19(17)21(20-10-4-5-11-22(20)24)16-28-14-13-25-12-6-8-18(15-25)23(26)27;/h2-5,7-11,16H,6,12-15H2,1H3,(H,26,27);1H. The third-order valence-corrected chi connectivity index (χ3v) is 4.83. The van der Waals surface area contributed by atoms with Gasteiger partial charge in [-0.2, -0.15) is 0 Å². The first-order valence-corrected chi connectivity index (χ1v) is 9.33. The molecule has 2 aromatic carbocycles. The minimum atomic E-state index is -0.869. The average Bonchev–Trinajstić information content (AvgIpc) is 2.70. The number of aliphatic carboxylic acids is 1. The van der Waals surface area contributed by atoms with Crippen LogP contribution in [0.4, 0.5) is 4.39 Å². The lowest BCUT2D eigenvalue weighted by Gasteiger charge is -2.25. The van der Waals surface area contributed by atoms with E-state index in [1.54, 1.807) is 30.5 Å². The molecule has 29 heavy (non-hydrogen) atoms. The second-order valence-electron chi connectivity index (χ2n) is 6.80. The van der Waals surface area contributed by atoms with Crippen LogP contribution in [0.2, 0.25) is 0 Å². The topological polar surface area (TPSA) is 49.8 Å². The van der Waals surface area contributed by atoms with Crippen LogP contribution in [0.5, 0.6) is 0 Å². The van der Waals surface area contributed by atoms with Gasteiger partial charge in [-0.25, -0.2) is 9.18 Å². The number of aryl methyl sites for hydroxylation is 1. The Morgan fingerprint density at radius 1 is 1.17 bits per heavy atom. The van der Waals surface area contributed by atoms with Gasteiger partial charge in [-0.05, 0) is 30.5 Å². The summed E-state index contributed by atoms with van der Waals surface area (Å²) in [5, 5.41) is 9.13. The highest BCUT2D eigenvalue weighted by atomic mass is 35.5. The molecule has 0 aromatic heterocycles. The first kappa shape index (κ1) is 22.7. The van der Waals surface area contributed by atoms with E-state index in [1.165, 1.54) is 6.07 Å². The van der Waals surface area contributed by atoms with Crippen LogP contribution >= 0.6 is 12.4 Å². The molecule has 1 N–H and O–H groups in total. The van der Waals surface area contributed by atoms with Crippen LogP contribution < -0.4 is 0 Å². The van der Waals surface area contributed by atoms with Crippen LogP contribution in [0, 0.1) is 12.7 Å². The summed E-state index contributed by atoms with van der Waals surface area (Å²) >= 11 is 0. The molecule has 0 amide bonds. The van der Waals surface area contributed by atoms with Gasteiger partial charge in [0.2, 0.25) is 0 Å². The van der Waals surface area contributed by atoms with Gasteiger partial charge >= 0.3 is 5.97 Å². The Morgan fingerprint density at radius 3 is 2.55 bits per heavy atom. The van der Waals surface area contributed by atoms with Gasteiger partial charge in [-0.15, -0.1) is 12.4 Å². The Hall–Kier alpha value is -2.63. The molecule has 0 spiro atoms. The first-order valence-electron chi connectivity index (χ1n) is 9.33. The molecule has 0 aliphatic carbocycles. The SMILES string of the molecule is Cc1ccccc1C(=COCCN1CCC=C(C(=O)O)C1)c1ccccc1F.Cl. The molecule has 0 saturated heterocycles. The van der Waals surface area contributed by atoms with Crippen molar-refractivity contribution in [2.75, 3.05) is 26.2 Å². The van der Waals surface area contributed by atoms with Crippen LogP contribution in [-0.4, -0.2) is 42.2 Å². The highest BCUT2D eigenvalue weighted by Crippen LogP contribution is 2.28. The number of hydrogen-bond acceptors (Lipinski definition) is 3. The van der Waals surface area contributed by atoms with Crippen molar-refractivity contribution in [1.29, 1.82) is 0 Å². The Morgan fingerprint density at radius 2 is 1.86 bits per heavy atom. The lowest BCUT2D eigenvalue weighted by molar-refractivity contribution is -0.133. The maximum absolute atomic E-state index is 14.4. The summed E-state index contributed by atoms with van der Waals surface area (Å²) in [6.07, 6.45) is 4.11. The molecule has 1 heterocycles. The predicted molar refractivity (Wildman–Crippen MR) is 115 cm³/mol. The number of carboxylic acids is 1. The number of carboxylic acid groups (broad SMARTS) is 1. The fraction of sp³-hybridized carbons (Fsp3) is 0.261. The monoisotopic (exact) mass is 417 g/mol. The molecule has 3 rings (SSSR count). The van der Waals surface area contributed by atoms with E-state index in [4.69, 9.17) is 9.84 Å². The lowest BCUT2D eigenvalue weighted by Crippen LogP contribution is -2.34. The third-order valence-electron chi connectivity index (χ3n) is 4.83. The second kappa shape index (κ2) is 10.8. The van der Waals surface area contributed by atoms with E-state index in [9.17, 15) is 9.18 Å². The predicted octanol–water partition coefficient (Wildman–Crippen LogP) is 4.68. The van der Waals surface area contributed by atoms with Gasteiger partial charge in [-0.1, -0.05) is 48.5 Å². The minimum Gasteiger partial charge on any atom is -0.499 e. The van der Waals surface area contributed by atoms with Crippen molar-refractivity contribution < 1.29 is 19.0 Å². The van der Waals surface area contributed by atoms with Crippen molar-refractivity contribution in [3.8, 4) is 0 Å². The number of ether oxygens (including phenoxy) is 1. The Balaban J connectivity index is 0.00000300. The smallest absolute Gasteiger partial charge is 0.332 e. The van der Waals surface area contributed by atoms with Crippen LogP contribution in [0.1, 0.15) is 23.1 Å². The molecule has 0 atom stereocenters. The molecule has 1 aliphatic rings. The normalized spacial score (nSPS) is 14.7. The van der Waals surface area contributed by atoms with Crippen molar-refractivity contribution in [2.24, 2.45) is 0 Å². The van der Waals surface area contributed by atoms with Crippen molar-refractivity contribution in [1.82, 2.24) is 4.90 Å². The van der Waals surface area contributed by atoms with Crippen LogP contribution in [0.15, 0.2) is 66.4 Å². The summed E-state index contributed by atoms with van der Waals surface area (Å²) in [6.45, 7) is 4.22. The van der Waals surface area contributed by atoms with E-state index in [0.717, 1.165) is 24.1 Å². The van der Waals surface area contributed by atoms with E-state index in [1.807, 2.05) is 36.1 Å². The summed E-state index contributed by atoms with van der Waals surface area (Å²) in [7, 11) is 0. The van der Waals surface area contributed by atoms with Gasteiger partial charge in [0.1, 0.15) is 12.4 Å². The molecular weight excluding hydrogens is 393 g/mol. The molecule has 1 aliphatic heterocycles. The molecule has 2 aromatic rings. The summed E-state index contributed by atoms with van der Waals surface area (Å²) in [6, 6.07) is 14.5. The van der Waals surface area contributed by atoms with E-state index >= 15 is 0 Å². The quantitative estimate of drug-likeness (QED) is 0.525. The Kier molecular flexibility index (Phi) is 8.43. The lowest BCUT2D eigenvalue weighted by atomic mass is 9.95. The molecule has 0 radical (unpaired) electrons. The summed E-state index contributed by atoms with van der Waals surface area (Å²) in [4.78, 5) is 13.2.